The summed E-state index contributed by atoms with van der Waals surface area (Å²) in [6.07, 6.45) is 0. The molecule has 0 aliphatic carbocycles. The van der Waals surface area contributed by atoms with Gasteiger partial charge in [-0.25, -0.2) is 17.6 Å². The van der Waals surface area contributed by atoms with E-state index in [4.69, 9.17) is 5.73 Å². The van der Waals surface area contributed by atoms with E-state index in [9.17, 15) is 17.6 Å². The van der Waals surface area contributed by atoms with Crippen LogP contribution in [0.15, 0.2) is 24.3 Å². The molecule has 2 aromatic rings. The Balaban J connectivity index is 2.42. The van der Waals surface area contributed by atoms with E-state index < -0.39 is 23.3 Å². The van der Waals surface area contributed by atoms with E-state index in [1.165, 1.54) is 13.0 Å². The largest absolute Gasteiger partial charge is 0.397 e. The van der Waals surface area contributed by atoms with Crippen molar-refractivity contribution in [2.24, 2.45) is 0 Å². The molecule has 0 fully saturated rings. The van der Waals surface area contributed by atoms with E-state index >= 15 is 0 Å². The van der Waals surface area contributed by atoms with Crippen LogP contribution in [-0.4, -0.2) is 0 Å². The number of benzene rings is 2. The van der Waals surface area contributed by atoms with E-state index in [1.54, 1.807) is 0 Å². The number of aryl methyl sites for hydroxylation is 1. The van der Waals surface area contributed by atoms with Gasteiger partial charge >= 0.3 is 0 Å². The number of hydrogen-bond donors (Lipinski definition) is 2. The SMILES string of the molecule is Cc1cc(Nc2ccc(F)c(F)c2F)c(N)cc1F. The zero-order valence-corrected chi connectivity index (χ0v) is 9.90. The first-order valence-electron chi connectivity index (χ1n) is 5.36. The lowest BCUT2D eigenvalue weighted by molar-refractivity contribution is 0.449. The summed E-state index contributed by atoms with van der Waals surface area (Å²) in [6, 6.07) is 4.24. The summed E-state index contributed by atoms with van der Waals surface area (Å²) in [5.41, 5.74) is 5.82. The standard InChI is InChI=1S/C13H10F4N2/c1-6-4-11(9(18)5-8(6)15)19-10-3-2-7(14)12(16)13(10)17/h2-5,19H,18H2,1H3. The van der Waals surface area contributed by atoms with Crippen molar-refractivity contribution < 1.29 is 17.6 Å². The highest BCUT2D eigenvalue weighted by Gasteiger charge is 2.14. The van der Waals surface area contributed by atoms with Crippen molar-refractivity contribution in [1.82, 2.24) is 0 Å². The molecule has 19 heavy (non-hydrogen) atoms. The highest BCUT2D eigenvalue weighted by atomic mass is 19.2. The lowest BCUT2D eigenvalue weighted by Gasteiger charge is -2.12. The molecule has 0 unspecified atom stereocenters. The van der Waals surface area contributed by atoms with E-state index in [1.807, 2.05) is 0 Å². The van der Waals surface area contributed by atoms with Crippen molar-refractivity contribution >= 4 is 17.1 Å². The van der Waals surface area contributed by atoms with Crippen molar-refractivity contribution in [2.45, 2.75) is 6.92 Å². The zero-order valence-electron chi connectivity index (χ0n) is 9.90. The third kappa shape index (κ3) is 2.47. The van der Waals surface area contributed by atoms with Crippen LogP contribution in [-0.2, 0) is 0 Å². The van der Waals surface area contributed by atoms with E-state index in [0.717, 1.165) is 18.2 Å². The van der Waals surface area contributed by atoms with Gasteiger partial charge in [-0.2, -0.15) is 0 Å². The molecule has 0 bridgehead atoms. The molecule has 0 spiro atoms. The van der Waals surface area contributed by atoms with Crippen LogP contribution in [0.3, 0.4) is 0 Å². The second-order valence-electron chi connectivity index (χ2n) is 4.04. The minimum atomic E-state index is -1.58. The fourth-order valence-corrected chi connectivity index (χ4v) is 1.57. The van der Waals surface area contributed by atoms with Crippen molar-refractivity contribution in [3.63, 3.8) is 0 Å². The molecule has 2 rings (SSSR count). The Morgan fingerprint density at radius 3 is 2.26 bits per heavy atom. The van der Waals surface area contributed by atoms with Gasteiger partial charge in [0.05, 0.1) is 17.1 Å². The second kappa shape index (κ2) is 4.79. The quantitative estimate of drug-likeness (QED) is 0.494. The third-order valence-electron chi connectivity index (χ3n) is 2.64. The number of anilines is 3. The van der Waals surface area contributed by atoms with Crippen LogP contribution in [0.25, 0.3) is 0 Å². The van der Waals surface area contributed by atoms with E-state index in [0.29, 0.717) is 5.56 Å². The fourth-order valence-electron chi connectivity index (χ4n) is 1.57. The molecule has 6 heteroatoms. The number of rotatable bonds is 2. The summed E-state index contributed by atoms with van der Waals surface area (Å²) in [5.74, 6) is -4.73. The monoisotopic (exact) mass is 270 g/mol. The van der Waals surface area contributed by atoms with Crippen LogP contribution in [0.4, 0.5) is 34.6 Å². The summed E-state index contributed by atoms with van der Waals surface area (Å²) >= 11 is 0. The number of hydrogen-bond acceptors (Lipinski definition) is 2. The third-order valence-corrected chi connectivity index (χ3v) is 2.64. The molecule has 0 saturated carbocycles. The normalized spacial score (nSPS) is 10.6. The van der Waals surface area contributed by atoms with Gasteiger partial charge < -0.3 is 11.1 Å². The Morgan fingerprint density at radius 2 is 1.58 bits per heavy atom. The van der Waals surface area contributed by atoms with E-state index in [-0.39, 0.29) is 17.1 Å². The number of halogens is 4. The molecule has 3 N–H and O–H groups in total. The highest BCUT2D eigenvalue weighted by Crippen LogP contribution is 2.28. The smallest absolute Gasteiger partial charge is 0.196 e. The lowest BCUT2D eigenvalue weighted by Crippen LogP contribution is -2.02. The Morgan fingerprint density at radius 1 is 0.895 bits per heavy atom. The van der Waals surface area contributed by atoms with Gasteiger partial charge in [0.15, 0.2) is 17.5 Å². The van der Waals surface area contributed by atoms with Crippen LogP contribution < -0.4 is 11.1 Å². The Hall–Kier alpha value is -2.24. The number of nitrogens with one attached hydrogen (secondary N) is 1. The van der Waals surface area contributed by atoms with Crippen LogP contribution in [0.2, 0.25) is 0 Å². The molecule has 0 amide bonds. The molecule has 0 radical (unpaired) electrons. The molecule has 0 saturated heterocycles. The maximum Gasteiger partial charge on any atom is 0.196 e. The van der Waals surface area contributed by atoms with Gasteiger partial charge in [0, 0.05) is 0 Å². The maximum absolute atomic E-state index is 13.5. The average Bonchev–Trinajstić information content (AvgIpc) is 2.36. The Kier molecular flexibility index (Phi) is 3.33. The van der Waals surface area contributed by atoms with Gasteiger partial charge in [0.2, 0.25) is 0 Å². The summed E-state index contributed by atoms with van der Waals surface area (Å²) < 4.78 is 52.5. The summed E-state index contributed by atoms with van der Waals surface area (Å²) in [6.45, 7) is 1.50. The van der Waals surface area contributed by atoms with Crippen LogP contribution in [0.5, 0.6) is 0 Å². The lowest BCUT2D eigenvalue weighted by atomic mass is 10.1. The van der Waals surface area contributed by atoms with Gasteiger partial charge in [-0.15, -0.1) is 0 Å². The maximum atomic E-state index is 13.5. The first-order valence-corrected chi connectivity index (χ1v) is 5.36. The molecule has 0 aliphatic heterocycles. The molecule has 100 valence electrons. The van der Waals surface area contributed by atoms with Crippen molar-refractivity contribution in [1.29, 1.82) is 0 Å². The molecule has 0 aromatic heterocycles. The second-order valence-corrected chi connectivity index (χ2v) is 4.04. The molecule has 0 atom stereocenters. The summed E-state index contributed by atoms with van der Waals surface area (Å²) in [5, 5.41) is 2.50. The molecule has 0 aliphatic rings. The molecule has 0 heterocycles. The van der Waals surface area contributed by atoms with Crippen molar-refractivity contribution in [3.05, 3.63) is 53.1 Å². The molecule has 2 aromatic carbocycles. The van der Waals surface area contributed by atoms with Gasteiger partial charge in [-0.3, -0.25) is 0 Å². The summed E-state index contributed by atoms with van der Waals surface area (Å²) in [7, 11) is 0. The zero-order chi connectivity index (χ0) is 14.2. The first-order chi connectivity index (χ1) is 8.90. The van der Waals surface area contributed by atoms with Crippen molar-refractivity contribution in [2.75, 3.05) is 11.1 Å². The Labute approximate surface area is 106 Å². The predicted molar refractivity (Wildman–Crippen MR) is 65.1 cm³/mol. The van der Waals surface area contributed by atoms with Gasteiger partial charge in [0.25, 0.3) is 0 Å². The predicted octanol–water partition coefficient (Wildman–Crippen LogP) is 3.88. The fraction of sp³-hybridized carbons (Fsp3) is 0.0769. The molecular formula is C13H10F4N2. The molecule has 2 nitrogen and oxygen atoms in total. The van der Waals surface area contributed by atoms with Gasteiger partial charge in [-0.1, -0.05) is 0 Å². The van der Waals surface area contributed by atoms with Crippen molar-refractivity contribution in [3.8, 4) is 0 Å². The van der Waals surface area contributed by atoms with Gasteiger partial charge in [0.1, 0.15) is 5.82 Å². The topological polar surface area (TPSA) is 38.0 Å². The van der Waals surface area contributed by atoms with Gasteiger partial charge in [-0.05, 0) is 36.8 Å². The minimum Gasteiger partial charge on any atom is -0.397 e. The van der Waals surface area contributed by atoms with Crippen LogP contribution in [0, 0.1) is 30.2 Å². The Bertz CT molecular complexity index is 641. The minimum absolute atomic E-state index is 0.0345. The first kappa shape index (κ1) is 13.2. The number of nitrogens with two attached hydrogens (primary N) is 1. The molecular weight excluding hydrogens is 260 g/mol. The highest BCUT2D eigenvalue weighted by molar-refractivity contribution is 5.73. The van der Waals surface area contributed by atoms with Crippen LogP contribution >= 0.6 is 0 Å². The number of nitrogen functional groups attached to an aromatic ring is 1. The summed E-state index contributed by atoms with van der Waals surface area (Å²) in [4.78, 5) is 0. The average molecular weight is 270 g/mol. The van der Waals surface area contributed by atoms with Crippen LogP contribution in [0.1, 0.15) is 5.56 Å². The van der Waals surface area contributed by atoms with E-state index in [2.05, 4.69) is 5.32 Å².